The van der Waals surface area contributed by atoms with E-state index in [0.29, 0.717) is 18.7 Å². The molecule has 27 heavy (non-hydrogen) atoms. The zero-order chi connectivity index (χ0) is 20.7. The number of nitrogens with one attached hydrogen (secondary N) is 1. The molecule has 6 nitrogen and oxygen atoms in total. The normalized spacial score (nSPS) is 17.4. The zero-order valence-corrected chi connectivity index (χ0v) is 18.9. The first-order valence-corrected chi connectivity index (χ1v) is 10.4. The highest BCUT2D eigenvalue weighted by Crippen LogP contribution is 2.24. The van der Waals surface area contributed by atoms with Crippen molar-refractivity contribution in [3.05, 3.63) is 0 Å². The van der Waals surface area contributed by atoms with Gasteiger partial charge in [-0.3, -0.25) is 4.90 Å². The van der Waals surface area contributed by atoms with Gasteiger partial charge in [-0.1, -0.05) is 0 Å². The van der Waals surface area contributed by atoms with Crippen molar-refractivity contribution < 1.29 is 14.3 Å². The van der Waals surface area contributed by atoms with E-state index in [9.17, 15) is 4.79 Å². The number of ether oxygens (including phenoxy) is 2. The molecule has 0 radical (unpaired) electrons. The summed E-state index contributed by atoms with van der Waals surface area (Å²) in [7, 11) is 1.79. The number of amides is 1. The Morgan fingerprint density at radius 2 is 1.78 bits per heavy atom. The quantitative estimate of drug-likeness (QED) is 0.658. The van der Waals surface area contributed by atoms with Gasteiger partial charge >= 0.3 is 6.09 Å². The molecule has 160 valence electrons. The van der Waals surface area contributed by atoms with Crippen LogP contribution in [0.3, 0.4) is 0 Å². The lowest BCUT2D eigenvalue weighted by atomic mass is 9.93. The minimum absolute atomic E-state index is 0.177. The van der Waals surface area contributed by atoms with E-state index in [-0.39, 0.29) is 11.6 Å². The van der Waals surface area contributed by atoms with E-state index in [1.807, 2.05) is 20.8 Å². The highest BCUT2D eigenvalue weighted by molar-refractivity contribution is 5.67. The third kappa shape index (κ3) is 9.77. The minimum atomic E-state index is -0.446. The predicted molar refractivity (Wildman–Crippen MR) is 111 cm³/mol. The van der Waals surface area contributed by atoms with E-state index in [1.54, 1.807) is 11.9 Å². The Balaban J connectivity index is 2.26. The summed E-state index contributed by atoms with van der Waals surface area (Å²) in [6, 6.07) is 0.524. The first-order chi connectivity index (χ1) is 12.4. The van der Waals surface area contributed by atoms with Gasteiger partial charge in [0.1, 0.15) is 5.60 Å². The minimum Gasteiger partial charge on any atom is -0.444 e. The van der Waals surface area contributed by atoms with Gasteiger partial charge < -0.3 is 19.7 Å². The molecule has 1 rings (SSSR count). The van der Waals surface area contributed by atoms with E-state index >= 15 is 0 Å². The molecule has 0 saturated carbocycles. The van der Waals surface area contributed by atoms with Gasteiger partial charge in [-0.25, -0.2) is 4.79 Å². The van der Waals surface area contributed by atoms with Crippen molar-refractivity contribution in [1.29, 1.82) is 0 Å². The van der Waals surface area contributed by atoms with Crippen LogP contribution in [0.5, 0.6) is 0 Å². The van der Waals surface area contributed by atoms with Crippen LogP contribution in [0.4, 0.5) is 4.79 Å². The van der Waals surface area contributed by atoms with Gasteiger partial charge in [-0.2, -0.15) is 0 Å². The lowest BCUT2D eigenvalue weighted by molar-refractivity contribution is 0.0205. The molecule has 0 unspecified atom stereocenters. The third-order valence-electron chi connectivity index (χ3n) is 5.10. The van der Waals surface area contributed by atoms with E-state index in [0.717, 1.165) is 45.5 Å². The Kier molecular flexibility index (Phi) is 9.52. The molecule has 0 bridgehead atoms. The van der Waals surface area contributed by atoms with Crippen molar-refractivity contribution in [2.45, 2.75) is 91.0 Å². The molecule has 1 aliphatic rings. The van der Waals surface area contributed by atoms with Gasteiger partial charge in [-0.05, 0) is 67.7 Å². The maximum Gasteiger partial charge on any atom is 0.410 e. The lowest BCUT2D eigenvalue weighted by Crippen LogP contribution is -2.52. The second kappa shape index (κ2) is 10.6. The van der Waals surface area contributed by atoms with Crippen molar-refractivity contribution in [3.8, 4) is 0 Å². The number of carbonyl (C=O) groups is 1. The summed E-state index contributed by atoms with van der Waals surface area (Å²) in [4.78, 5) is 16.2. The number of hydrogen-bond donors (Lipinski definition) is 1. The van der Waals surface area contributed by atoms with Crippen LogP contribution >= 0.6 is 0 Å². The molecule has 0 aromatic rings. The van der Waals surface area contributed by atoms with Gasteiger partial charge in [-0.15, -0.1) is 0 Å². The zero-order valence-electron chi connectivity index (χ0n) is 18.9. The molecule has 1 heterocycles. The maximum absolute atomic E-state index is 12.0. The van der Waals surface area contributed by atoms with Crippen LogP contribution in [0.25, 0.3) is 0 Å². The first-order valence-electron chi connectivity index (χ1n) is 10.4. The molecule has 1 fully saturated rings. The molecule has 0 atom stereocenters. The maximum atomic E-state index is 12.0. The van der Waals surface area contributed by atoms with E-state index in [1.165, 1.54) is 0 Å². The van der Waals surface area contributed by atoms with E-state index < -0.39 is 5.60 Å². The Morgan fingerprint density at radius 3 is 2.30 bits per heavy atom. The van der Waals surface area contributed by atoms with Crippen LogP contribution in [0.15, 0.2) is 0 Å². The molecule has 1 aliphatic heterocycles. The molecule has 0 aliphatic carbocycles. The topological polar surface area (TPSA) is 54.0 Å². The summed E-state index contributed by atoms with van der Waals surface area (Å²) in [5, 5.41) is 3.60. The summed E-state index contributed by atoms with van der Waals surface area (Å²) >= 11 is 0. The highest BCUT2D eigenvalue weighted by atomic mass is 16.6. The molecular formula is C21H43N3O3. The van der Waals surface area contributed by atoms with Gasteiger partial charge in [0.2, 0.25) is 0 Å². The van der Waals surface area contributed by atoms with Gasteiger partial charge in [0, 0.05) is 51.4 Å². The summed E-state index contributed by atoms with van der Waals surface area (Å²) < 4.78 is 11.1. The molecule has 6 heteroatoms. The SMILES string of the molecule is CC(C)OCCC(C)(C)N1CCC(NCCN(C)C(=O)OC(C)(C)C)CC1. The molecule has 0 spiro atoms. The van der Waals surface area contributed by atoms with Crippen LogP contribution in [0.1, 0.15) is 67.7 Å². The molecule has 1 saturated heterocycles. The Labute approximate surface area is 166 Å². The Hall–Kier alpha value is -0.850. The van der Waals surface area contributed by atoms with Gasteiger partial charge in [0.25, 0.3) is 0 Å². The first kappa shape index (κ1) is 24.2. The molecule has 0 aromatic carbocycles. The van der Waals surface area contributed by atoms with Crippen molar-refractivity contribution in [2.24, 2.45) is 0 Å². The number of likely N-dealkylation sites (N-methyl/N-ethyl adjacent to an activating group) is 1. The number of rotatable bonds is 9. The van der Waals surface area contributed by atoms with Crippen LogP contribution < -0.4 is 5.32 Å². The van der Waals surface area contributed by atoms with Crippen LogP contribution in [-0.4, -0.2) is 79.0 Å². The molecule has 0 aromatic heterocycles. The number of nitrogens with zero attached hydrogens (tertiary/aromatic N) is 2. The average molecular weight is 386 g/mol. The Morgan fingerprint density at radius 1 is 1.19 bits per heavy atom. The Bertz CT molecular complexity index is 438. The summed E-state index contributed by atoms with van der Waals surface area (Å²) in [6.45, 7) is 19.0. The summed E-state index contributed by atoms with van der Waals surface area (Å²) in [5.74, 6) is 0. The molecule has 1 amide bonds. The van der Waals surface area contributed by atoms with Crippen molar-refractivity contribution >= 4 is 6.09 Å². The lowest BCUT2D eigenvalue weighted by Gasteiger charge is -2.43. The fraction of sp³-hybridized carbons (Fsp3) is 0.952. The largest absolute Gasteiger partial charge is 0.444 e. The van der Waals surface area contributed by atoms with E-state index in [4.69, 9.17) is 9.47 Å². The van der Waals surface area contributed by atoms with Crippen LogP contribution in [0, 0.1) is 0 Å². The van der Waals surface area contributed by atoms with Crippen molar-refractivity contribution in [2.75, 3.05) is 39.8 Å². The third-order valence-corrected chi connectivity index (χ3v) is 5.10. The smallest absolute Gasteiger partial charge is 0.410 e. The van der Waals surface area contributed by atoms with Gasteiger partial charge in [0.15, 0.2) is 0 Å². The molecular weight excluding hydrogens is 342 g/mol. The van der Waals surface area contributed by atoms with Crippen LogP contribution in [-0.2, 0) is 9.47 Å². The van der Waals surface area contributed by atoms with E-state index in [2.05, 4.69) is 37.9 Å². The average Bonchev–Trinajstić information content (AvgIpc) is 2.53. The number of hydrogen-bond acceptors (Lipinski definition) is 5. The monoisotopic (exact) mass is 385 g/mol. The van der Waals surface area contributed by atoms with Crippen LogP contribution in [0.2, 0.25) is 0 Å². The number of carbonyl (C=O) groups excluding carboxylic acids is 1. The van der Waals surface area contributed by atoms with Crippen molar-refractivity contribution in [1.82, 2.24) is 15.1 Å². The summed E-state index contributed by atoms with van der Waals surface area (Å²) in [6.07, 6.45) is 3.39. The number of likely N-dealkylation sites (tertiary alicyclic amines) is 1. The predicted octanol–water partition coefficient (Wildman–Crippen LogP) is 3.50. The second-order valence-corrected chi connectivity index (χ2v) is 9.60. The fourth-order valence-corrected chi connectivity index (χ4v) is 3.26. The number of piperidine rings is 1. The fourth-order valence-electron chi connectivity index (χ4n) is 3.26. The van der Waals surface area contributed by atoms with Crippen molar-refractivity contribution in [3.63, 3.8) is 0 Å². The molecule has 1 N–H and O–H groups in total. The highest BCUT2D eigenvalue weighted by Gasteiger charge is 2.30. The standard InChI is InChI=1S/C21H43N3O3/c1-17(2)26-16-11-21(6,7)24-13-9-18(10-14-24)22-12-15-23(8)19(25)27-20(3,4)5/h17-18,22H,9-16H2,1-8H3. The second-order valence-electron chi connectivity index (χ2n) is 9.60. The summed E-state index contributed by atoms with van der Waals surface area (Å²) in [5.41, 5.74) is -0.268. The van der Waals surface area contributed by atoms with Gasteiger partial charge in [0.05, 0.1) is 6.10 Å².